The van der Waals surface area contributed by atoms with E-state index in [1.54, 1.807) is 30.3 Å². The molecule has 1 aliphatic heterocycles. The Morgan fingerprint density at radius 2 is 1.94 bits per heavy atom. The molecule has 35 heavy (non-hydrogen) atoms. The van der Waals surface area contributed by atoms with Crippen LogP contribution in [0.1, 0.15) is 19.4 Å². The van der Waals surface area contributed by atoms with E-state index in [2.05, 4.69) is 20.6 Å². The van der Waals surface area contributed by atoms with Crippen LogP contribution in [0.3, 0.4) is 0 Å². The van der Waals surface area contributed by atoms with Crippen LogP contribution in [0.2, 0.25) is 0 Å². The number of carbonyl (C=O) groups excluding carboxylic acids is 1. The number of urea groups is 1. The molecule has 0 unspecified atom stereocenters. The highest BCUT2D eigenvalue weighted by atomic mass is 19.2. The monoisotopic (exact) mass is 476 g/mol. The van der Waals surface area contributed by atoms with Gasteiger partial charge in [0.1, 0.15) is 17.2 Å². The van der Waals surface area contributed by atoms with Crippen LogP contribution in [-0.2, 0) is 0 Å². The minimum atomic E-state index is -0.980. The van der Waals surface area contributed by atoms with Gasteiger partial charge >= 0.3 is 6.03 Å². The summed E-state index contributed by atoms with van der Waals surface area (Å²) in [5.74, 6) is -0.598. The molecule has 0 aliphatic carbocycles. The summed E-state index contributed by atoms with van der Waals surface area (Å²) in [6, 6.07) is 11.9. The zero-order valence-corrected chi connectivity index (χ0v) is 19.2. The predicted molar refractivity (Wildman–Crippen MR) is 131 cm³/mol. The number of ether oxygens (including phenoxy) is 2. The normalized spacial score (nSPS) is 13.7. The van der Waals surface area contributed by atoms with Crippen LogP contribution in [0, 0.1) is 11.6 Å². The van der Waals surface area contributed by atoms with Crippen molar-refractivity contribution in [1.82, 2.24) is 9.97 Å². The number of aromatic nitrogens is 2. The number of methoxy groups -OCH3 is 1. The Kier molecular flexibility index (Phi) is 5.39. The van der Waals surface area contributed by atoms with Gasteiger partial charge in [-0.15, -0.1) is 0 Å². The molecule has 178 valence electrons. The molecule has 0 bridgehead atoms. The van der Waals surface area contributed by atoms with E-state index in [9.17, 15) is 13.6 Å². The third-order valence-corrected chi connectivity index (χ3v) is 5.58. The molecule has 0 fully saturated rings. The largest absolute Gasteiger partial charge is 0.494 e. The maximum absolute atomic E-state index is 14.2. The minimum Gasteiger partial charge on any atom is -0.494 e. The van der Waals surface area contributed by atoms with Gasteiger partial charge in [-0.05, 0) is 68.5 Å². The molecule has 3 N–H and O–H groups in total. The number of nitrogens with zero attached hydrogens (tertiary/aromatic N) is 1. The Hall–Kier alpha value is -4.40. The number of H-pyrrole nitrogens is 1. The second-order valence-corrected chi connectivity index (χ2v) is 8.59. The topological polar surface area (TPSA) is 88.3 Å². The van der Waals surface area contributed by atoms with E-state index in [4.69, 9.17) is 9.47 Å². The van der Waals surface area contributed by atoms with Crippen LogP contribution in [0.15, 0.2) is 54.6 Å². The zero-order valence-electron chi connectivity index (χ0n) is 19.2. The van der Waals surface area contributed by atoms with Crippen molar-refractivity contribution in [2.24, 2.45) is 0 Å². The van der Waals surface area contributed by atoms with E-state index in [1.807, 2.05) is 26.0 Å². The molecule has 9 heteroatoms. The van der Waals surface area contributed by atoms with Gasteiger partial charge in [0.15, 0.2) is 17.4 Å². The second kappa shape index (κ2) is 8.43. The first-order valence-corrected chi connectivity index (χ1v) is 10.9. The standard InChI is InChI=1S/C26H22F2N4O3/c1-26(2)12-11-15-21(35-26)10-9-19(23(15)34-3)32-25(33)29-14-7-8-18-20(13-14)31-24(30-18)16-5-4-6-17(27)22(16)28/h4-13H,1-3H3,(H,30,31)(H2,29,32,33). The van der Waals surface area contributed by atoms with Crippen molar-refractivity contribution in [3.63, 3.8) is 0 Å². The van der Waals surface area contributed by atoms with Gasteiger partial charge in [-0.2, -0.15) is 0 Å². The fourth-order valence-corrected chi connectivity index (χ4v) is 3.93. The Balaban J connectivity index is 1.36. The molecule has 0 saturated carbocycles. The Labute approximate surface area is 199 Å². The summed E-state index contributed by atoms with van der Waals surface area (Å²) in [5, 5.41) is 5.55. The maximum atomic E-state index is 14.2. The summed E-state index contributed by atoms with van der Waals surface area (Å²) in [7, 11) is 1.53. The molecule has 5 rings (SSSR count). The smallest absolute Gasteiger partial charge is 0.323 e. The van der Waals surface area contributed by atoms with Gasteiger partial charge in [-0.25, -0.2) is 18.6 Å². The molecule has 0 atom stereocenters. The molecule has 0 saturated heterocycles. The second-order valence-electron chi connectivity index (χ2n) is 8.59. The van der Waals surface area contributed by atoms with Crippen LogP contribution in [-0.4, -0.2) is 28.7 Å². The van der Waals surface area contributed by atoms with E-state index >= 15 is 0 Å². The molecule has 7 nitrogen and oxygen atoms in total. The van der Waals surface area contributed by atoms with Crippen molar-refractivity contribution in [3.05, 3.63) is 71.8 Å². The maximum Gasteiger partial charge on any atom is 0.323 e. The van der Waals surface area contributed by atoms with Gasteiger partial charge in [-0.1, -0.05) is 6.07 Å². The van der Waals surface area contributed by atoms with Crippen LogP contribution in [0.5, 0.6) is 11.5 Å². The van der Waals surface area contributed by atoms with Gasteiger partial charge in [0.2, 0.25) is 0 Å². The molecule has 2 amide bonds. The first kappa shape index (κ1) is 22.4. The number of hydrogen-bond acceptors (Lipinski definition) is 4. The van der Waals surface area contributed by atoms with E-state index in [-0.39, 0.29) is 11.4 Å². The average molecular weight is 476 g/mol. The van der Waals surface area contributed by atoms with Crippen LogP contribution < -0.4 is 20.1 Å². The van der Waals surface area contributed by atoms with E-state index < -0.39 is 23.3 Å². The fraction of sp³-hybridized carbons (Fsp3) is 0.154. The molecule has 2 heterocycles. The Bertz CT molecular complexity index is 1490. The third kappa shape index (κ3) is 4.28. The molecule has 1 aliphatic rings. The Morgan fingerprint density at radius 3 is 2.74 bits per heavy atom. The van der Waals surface area contributed by atoms with Crippen molar-refractivity contribution in [3.8, 4) is 22.9 Å². The van der Waals surface area contributed by atoms with Crippen LogP contribution in [0.25, 0.3) is 28.5 Å². The summed E-state index contributed by atoms with van der Waals surface area (Å²) in [6.07, 6.45) is 3.83. The SMILES string of the molecule is COc1c(NC(=O)Nc2ccc3nc(-c4cccc(F)c4F)[nH]c3c2)ccc2c1C=CC(C)(C)O2. The number of anilines is 2. The van der Waals surface area contributed by atoms with Crippen molar-refractivity contribution < 1.29 is 23.0 Å². The lowest BCUT2D eigenvalue weighted by Crippen LogP contribution is -2.27. The van der Waals surface area contributed by atoms with Crippen LogP contribution >= 0.6 is 0 Å². The first-order valence-electron chi connectivity index (χ1n) is 10.9. The number of halogens is 2. The summed E-state index contributed by atoms with van der Waals surface area (Å²) in [5.41, 5.74) is 2.37. The molecule has 1 aromatic heterocycles. The van der Waals surface area contributed by atoms with E-state index in [0.29, 0.717) is 33.9 Å². The van der Waals surface area contributed by atoms with Crippen LogP contribution in [0.4, 0.5) is 25.0 Å². The summed E-state index contributed by atoms with van der Waals surface area (Å²) < 4.78 is 39.3. The lowest BCUT2D eigenvalue weighted by atomic mass is 10.0. The van der Waals surface area contributed by atoms with Gasteiger partial charge in [0, 0.05) is 5.69 Å². The number of benzene rings is 3. The van der Waals surface area contributed by atoms with Crippen molar-refractivity contribution >= 4 is 34.5 Å². The predicted octanol–water partition coefficient (Wildman–Crippen LogP) is 6.34. The van der Waals surface area contributed by atoms with E-state index in [1.165, 1.54) is 19.2 Å². The summed E-state index contributed by atoms with van der Waals surface area (Å²) in [6.45, 7) is 3.90. The van der Waals surface area contributed by atoms with Crippen molar-refractivity contribution in [2.45, 2.75) is 19.4 Å². The zero-order chi connectivity index (χ0) is 24.7. The number of imidazole rings is 1. The molecule has 4 aromatic rings. The number of rotatable bonds is 4. The third-order valence-electron chi connectivity index (χ3n) is 5.58. The average Bonchev–Trinajstić information content (AvgIpc) is 3.23. The van der Waals surface area contributed by atoms with E-state index in [0.717, 1.165) is 11.6 Å². The quantitative estimate of drug-likeness (QED) is 0.321. The molecule has 0 spiro atoms. The molecule has 3 aromatic carbocycles. The van der Waals surface area contributed by atoms with Gasteiger partial charge in [-0.3, -0.25) is 0 Å². The van der Waals surface area contributed by atoms with Gasteiger partial charge in [0.25, 0.3) is 0 Å². The molecule has 0 radical (unpaired) electrons. The molecular weight excluding hydrogens is 454 g/mol. The Morgan fingerprint density at radius 1 is 1.11 bits per heavy atom. The summed E-state index contributed by atoms with van der Waals surface area (Å²) in [4.78, 5) is 20.0. The lowest BCUT2D eigenvalue weighted by molar-refractivity contribution is 0.158. The highest BCUT2D eigenvalue weighted by molar-refractivity contribution is 6.02. The number of amides is 2. The van der Waals surface area contributed by atoms with Gasteiger partial charge in [0.05, 0.1) is 35.0 Å². The number of nitrogens with one attached hydrogen (secondary N) is 3. The minimum absolute atomic E-state index is 0.0226. The van der Waals surface area contributed by atoms with Crippen molar-refractivity contribution in [2.75, 3.05) is 17.7 Å². The van der Waals surface area contributed by atoms with Gasteiger partial charge < -0.3 is 25.1 Å². The fourth-order valence-electron chi connectivity index (χ4n) is 3.93. The number of fused-ring (bicyclic) bond motifs is 2. The molecular formula is C26H22F2N4O3. The highest BCUT2D eigenvalue weighted by Gasteiger charge is 2.25. The highest BCUT2D eigenvalue weighted by Crippen LogP contribution is 2.41. The number of carbonyl (C=O) groups is 1. The van der Waals surface area contributed by atoms with Crippen molar-refractivity contribution in [1.29, 1.82) is 0 Å². The summed E-state index contributed by atoms with van der Waals surface area (Å²) >= 11 is 0. The number of aromatic amines is 1. The lowest BCUT2D eigenvalue weighted by Gasteiger charge is -2.29. The number of hydrogen-bond donors (Lipinski definition) is 3. The first-order chi connectivity index (χ1) is 16.7.